The maximum absolute atomic E-state index is 15.1. The summed E-state index contributed by atoms with van der Waals surface area (Å²) < 4.78 is 20.4. The van der Waals surface area contributed by atoms with Gasteiger partial charge in [0, 0.05) is 11.3 Å². The van der Waals surface area contributed by atoms with Gasteiger partial charge in [-0.25, -0.2) is 4.39 Å². The van der Waals surface area contributed by atoms with Crippen molar-refractivity contribution in [2.45, 2.75) is 26.4 Å². The third kappa shape index (κ3) is 6.13. The van der Waals surface area contributed by atoms with E-state index in [4.69, 9.17) is 4.42 Å². The Morgan fingerprint density at radius 2 is 1.81 bits per heavy atom. The lowest BCUT2D eigenvalue weighted by Crippen LogP contribution is -2.48. The molecule has 0 radical (unpaired) electrons. The number of nitrogens with zero attached hydrogens (tertiary/aromatic N) is 1. The van der Waals surface area contributed by atoms with Gasteiger partial charge in [0.1, 0.15) is 17.6 Å². The van der Waals surface area contributed by atoms with Crippen LogP contribution in [0.15, 0.2) is 82.8 Å². The molecule has 0 spiro atoms. The number of amides is 3. The van der Waals surface area contributed by atoms with E-state index in [1.807, 2.05) is 19.1 Å². The molecule has 37 heavy (non-hydrogen) atoms. The summed E-state index contributed by atoms with van der Waals surface area (Å²) in [5.41, 5.74) is 2.03. The highest BCUT2D eigenvalue weighted by atomic mass is 32.1. The number of hydrogen-bond donors (Lipinski definition) is 2. The topological polar surface area (TPSA) is 91.7 Å². The van der Waals surface area contributed by atoms with E-state index < -0.39 is 29.6 Å². The number of carbonyl (C=O) groups is 3. The molecular formula is C28H26FN3O4S. The van der Waals surface area contributed by atoms with Crippen molar-refractivity contribution in [1.82, 2.24) is 10.6 Å². The Bertz CT molecular complexity index is 1390. The third-order valence-corrected chi connectivity index (χ3v) is 6.63. The number of nitrogens with one attached hydrogen (secondary N) is 2. The van der Waals surface area contributed by atoms with E-state index in [1.165, 1.54) is 40.7 Å². The van der Waals surface area contributed by atoms with Gasteiger partial charge in [0.2, 0.25) is 11.8 Å². The van der Waals surface area contributed by atoms with Gasteiger partial charge in [0.15, 0.2) is 0 Å². The second-order valence-electron chi connectivity index (χ2n) is 8.43. The quantitative estimate of drug-likeness (QED) is 0.329. The number of halogens is 1. The molecule has 4 aromatic rings. The van der Waals surface area contributed by atoms with E-state index in [9.17, 15) is 14.4 Å². The normalized spacial score (nSPS) is 11.5. The molecule has 0 aliphatic heterocycles. The zero-order valence-corrected chi connectivity index (χ0v) is 21.2. The Hall–Kier alpha value is -4.24. The molecular weight excluding hydrogens is 493 g/mol. The van der Waals surface area contributed by atoms with E-state index in [-0.39, 0.29) is 18.7 Å². The molecule has 9 heteroatoms. The van der Waals surface area contributed by atoms with E-state index in [0.29, 0.717) is 21.9 Å². The van der Waals surface area contributed by atoms with E-state index in [2.05, 4.69) is 10.6 Å². The highest BCUT2D eigenvalue weighted by molar-refractivity contribution is 7.12. The minimum atomic E-state index is -1.34. The number of furan rings is 1. The maximum atomic E-state index is 15.1. The lowest BCUT2D eigenvalue weighted by Gasteiger charge is -2.33. The minimum absolute atomic E-state index is 0.0262. The lowest BCUT2D eigenvalue weighted by atomic mass is 10.00. The summed E-state index contributed by atoms with van der Waals surface area (Å²) in [5, 5.41) is 7.14. The fourth-order valence-corrected chi connectivity index (χ4v) is 4.55. The molecule has 0 unspecified atom stereocenters. The molecule has 0 saturated carbocycles. The average Bonchev–Trinajstić information content (AvgIpc) is 3.61. The summed E-state index contributed by atoms with van der Waals surface area (Å²) in [6.07, 6.45) is 1.48. The van der Waals surface area contributed by atoms with Crippen LogP contribution in [0.25, 0.3) is 0 Å². The van der Waals surface area contributed by atoms with Crippen molar-refractivity contribution in [3.05, 3.63) is 112 Å². The van der Waals surface area contributed by atoms with Crippen LogP contribution in [0.4, 0.5) is 10.1 Å². The van der Waals surface area contributed by atoms with Crippen LogP contribution in [0, 0.1) is 19.7 Å². The van der Waals surface area contributed by atoms with Gasteiger partial charge in [-0.2, -0.15) is 0 Å². The zero-order chi connectivity index (χ0) is 26.4. The predicted molar refractivity (Wildman–Crippen MR) is 140 cm³/mol. The first-order valence-corrected chi connectivity index (χ1v) is 12.5. The SMILES string of the molecule is Cc1ccc(C)c(N(C(=O)CNC(=O)c2cccs2)[C@H](C(=O)NCc2ccco2)c2ccccc2F)c1. The summed E-state index contributed by atoms with van der Waals surface area (Å²) in [6.45, 7) is 3.33. The second kappa shape index (κ2) is 11.7. The molecule has 2 aromatic heterocycles. The molecule has 2 heterocycles. The van der Waals surface area contributed by atoms with Crippen LogP contribution in [0.2, 0.25) is 0 Å². The van der Waals surface area contributed by atoms with Crippen molar-refractivity contribution in [3.8, 4) is 0 Å². The van der Waals surface area contributed by atoms with Crippen molar-refractivity contribution in [1.29, 1.82) is 0 Å². The predicted octanol–water partition coefficient (Wildman–Crippen LogP) is 4.92. The van der Waals surface area contributed by atoms with E-state index >= 15 is 4.39 Å². The van der Waals surface area contributed by atoms with Crippen LogP contribution in [-0.2, 0) is 16.1 Å². The van der Waals surface area contributed by atoms with Crippen LogP contribution in [0.1, 0.15) is 38.2 Å². The fraction of sp³-hybridized carbons (Fsp3) is 0.179. The molecule has 2 N–H and O–H groups in total. The van der Waals surface area contributed by atoms with Crippen LogP contribution >= 0.6 is 11.3 Å². The van der Waals surface area contributed by atoms with Gasteiger partial charge in [-0.15, -0.1) is 11.3 Å². The smallest absolute Gasteiger partial charge is 0.261 e. The molecule has 0 fully saturated rings. The van der Waals surface area contributed by atoms with Gasteiger partial charge >= 0.3 is 0 Å². The Morgan fingerprint density at radius 3 is 2.51 bits per heavy atom. The monoisotopic (exact) mass is 519 g/mol. The van der Waals surface area contributed by atoms with Crippen molar-refractivity contribution in [2.75, 3.05) is 11.4 Å². The number of benzene rings is 2. The van der Waals surface area contributed by atoms with Crippen molar-refractivity contribution >= 4 is 34.7 Å². The van der Waals surface area contributed by atoms with E-state index in [0.717, 1.165) is 5.56 Å². The molecule has 3 amide bonds. The number of rotatable bonds is 9. The minimum Gasteiger partial charge on any atom is -0.467 e. The summed E-state index contributed by atoms with van der Waals surface area (Å²) in [6, 6.07) is 16.8. The fourth-order valence-electron chi connectivity index (χ4n) is 3.91. The first-order chi connectivity index (χ1) is 17.8. The van der Waals surface area contributed by atoms with Gasteiger partial charge in [-0.1, -0.05) is 36.4 Å². The second-order valence-corrected chi connectivity index (χ2v) is 9.38. The Morgan fingerprint density at radius 1 is 1.00 bits per heavy atom. The average molecular weight is 520 g/mol. The molecule has 0 bridgehead atoms. The number of thiophene rings is 1. The molecule has 1 atom stereocenters. The number of anilines is 1. The number of aryl methyl sites for hydroxylation is 2. The highest BCUT2D eigenvalue weighted by Crippen LogP contribution is 2.32. The van der Waals surface area contributed by atoms with Crippen LogP contribution < -0.4 is 15.5 Å². The van der Waals surface area contributed by atoms with Crippen molar-refractivity contribution in [3.63, 3.8) is 0 Å². The number of carbonyl (C=O) groups excluding carboxylic acids is 3. The highest BCUT2D eigenvalue weighted by Gasteiger charge is 2.35. The van der Waals surface area contributed by atoms with Crippen LogP contribution in [-0.4, -0.2) is 24.3 Å². The molecule has 7 nitrogen and oxygen atoms in total. The Kier molecular flexibility index (Phi) is 8.15. The van der Waals surface area contributed by atoms with Gasteiger partial charge in [-0.3, -0.25) is 19.3 Å². The third-order valence-electron chi connectivity index (χ3n) is 5.76. The van der Waals surface area contributed by atoms with E-state index in [1.54, 1.807) is 48.7 Å². The molecule has 0 saturated heterocycles. The largest absolute Gasteiger partial charge is 0.467 e. The zero-order valence-electron chi connectivity index (χ0n) is 20.4. The first-order valence-electron chi connectivity index (χ1n) is 11.6. The summed E-state index contributed by atoms with van der Waals surface area (Å²) in [7, 11) is 0. The van der Waals surface area contributed by atoms with Crippen LogP contribution in [0.3, 0.4) is 0 Å². The molecule has 0 aliphatic rings. The summed E-state index contributed by atoms with van der Waals surface area (Å²) in [5.74, 6) is -1.70. The molecule has 190 valence electrons. The standard InChI is InChI=1S/C28H26FN3O4S/c1-18-11-12-19(2)23(15-18)32(25(33)17-31-27(34)24-10-6-14-37-24)26(21-8-3-4-9-22(21)29)28(35)30-16-20-7-5-13-36-20/h3-15,26H,16-17H2,1-2H3,(H,30,35)(H,31,34)/t26-/m0/s1. The van der Waals surface area contributed by atoms with Gasteiger partial charge in [0.05, 0.1) is 24.2 Å². The first kappa shape index (κ1) is 25.8. The van der Waals surface area contributed by atoms with Crippen molar-refractivity contribution < 1.29 is 23.2 Å². The lowest BCUT2D eigenvalue weighted by molar-refractivity contribution is -0.126. The summed E-state index contributed by atoms with van der Waals surface area (Å²) in [4.78, 5) is 41.6. The molecule has 4 rings (SSSR count). The van der Waals surface area contributed by atoms with Crippen molar-refractivity contribution in [2.24, 2.45) is 0 Å². The van der Waals surface area contributed by atoms with Gasteiger partial charge in [-0.05, 0) is 60.7 Å². The Balaban J connectivity index is 1.73. The Labute approximate surface area is 217 Å². The molecule has 2 aromatic carbocycles. The molecule has 0 aliphatic carbocycles. The van der Waals surface area contributed by atoms with Crippen LogP contribution in [0.5, 0.6) is 0 Å². The van der Waals surface area contributed by atoms with Gasteiger partial charge < -0.3 is 15.1 Å². The maximum Gasteiger partial charge on any atom is 0.261 e. The van der Waals surface area contributed by atoms with Gasteiger partial charge in [0.25, 0.3) is 5.91 Å². The number of hydrogen-bond acceptors (Lipinski definition) is 5. The summed E-state index contributed by atoms with van der Waals surface area (Å²) >= 11 is 1.25.